The smallest absolute Gasteiger partial charge is 0.164 e. The first kappa shape index (κ1) is 35.2. The third-order valence-electron chi connectivity index (χ3n) is 11.5. The SMILES string of the molecule is c1ccc(-c2ccc(-c3nc(-c4cccc(-c5cc(-c6ccccc6)c6cc(-c7cccc8ccccc78)ccc6c5)c4)nc(-c4ccc5ccccc5c4)n3)cc2)cc1. The highest BCUT2D eigenvalue weighted by molar-refractivity contribution is 6.04. The lowest BCUT2D eigenvalue weighted by Gasteiger charge is -2.15. The van der Waals surface area contributed by atoms with Crippen LogP contribution in [-0.2, 0) is 0 Å². The van der Waals surface area contributed by atoms with E-state index in [-0.39, 0.29) is 0 Å². The first-order chi connectivity index (χ1) is 29.7. The van der Waals surface area contributed by atoms with Crippen LogP contribution in [0.4, 0.5) is 0 Å². The molecule has 0 saturated carbocycles. The minimum Gasteiger partial charge on any atom is -0.208 e. The van der Waals surface area contributed by atoms with Crippen molar-refractivity contribution in [2.75, 3.05) is 0 Å². The van der Waals surface area contributed by atoms with Gasteiger partial charge in [-0.3, -0.25) is 0 Å². The molecule has 280 valence electrons. The van der Waals surface area contributed by atoms with Crippen LogP contribution in [0, 0.1) is 0 Å². The minimum absolute atomic E-state index is 0.626. The maximum Gasteiger partial charge on any atom is 0.164 e. The Morgan fingerprint density at radius 1 is 0.200 bits per heavy atom. The van der Waals surface area contributed by atoms with Gasteiger partial charge < -0.3 is 0 Å². The number of hydrogen-bond donors (Lipinski definition) is 0. The van der Waals surface area contributed by atoms with Gasteiger partial charge in [0.1, 0.15) is 0 Å². The number of benzene rings is 10. The lowest BCUT2D eigenvalue weighted by molar-refractivity contribution is 1.07. The molecule has 0 bridgehead atoms. The van der Waals surface area contributed by atoms with Crippen molar-refractivity contribution in [1.29, 1.82) is 0 Å². The molecule has 0 radical (unpaired) electrons. The number of hydrogen-bond acceptors (Lipinski definition) is 3. The summed E-state index contributed by atoms with van der Waals surface area (Å²) >= 11 is 0. The van der Waals surface area contributed by atoms with Gasteiger partial charge in [0.2, 0.25) is 0 Å². The largest absolute Gasteiger partial charge is 0.208 e. The molecule has 0 aliphatic carbocycles. The van der Waals surface area contributed by atoms with E-state index in [9.17, 15) is 0 Å². The van der Waals surface area contributed by atoms with Gasteiger partial charge in [0.05, 0.1) is 0 Å². The molecule has 0 atom stereocenters. The molecule has 0 amide bonds. The van der Waals surface area contributed by atoms with Crippen molar-refractivity contribution in [3.05, 3.63) is 224 Å². The van der Waals surface area contributed by atoms with E-state index >= 15 is 0 Å². The van der Waals surface area contributed by atoms with E-state index in [4.69, 9.17) is 15.0 Å². The Labute approximate surface area is 349 Å². The van der Waals surface area contributed by atoms with E-state index in [0.29, 0.717) is 17.5 Å². The predicted octanol–water partition coefficient (Wildman–Crippen LogP) is 15.0. The van der Waals surface area contributed by atoms with E-state index < -0.39 is 0 Å². The van der Waals surface area contributed by atoms with Crippen molar-refractivity contribution in [1.82, 2.24) is 15.0 Å². The Hall–Kier alpha value is -8.01. The molecular weight excluding hydrogens is 727 g/mol. The molecule has 11 aromatic rings. The van der Waals surface area contributed by atoms with E-state index in [1.807, 2.05) is 6.07 Å². The van der Waals surface area contributed by atoms with Crippen molar-refractivity contribution >= 4 is 32.3 Å². The van der Waals surface area contributed by atoms with Gasteiger partial charge >= 0.3 is 0 Å². The lowest BCUT2D eigenvalue weighted by Crippen LogP contribution is -2.00. The number of aromatic nitrogens is 3. The van der Waals surface area contributed by atoms with Gasteiger partial charge in [-0.05, 0) is 107 Å². The average molecular weight is 764 g/mol. The predicted molar refractivity (Wildman–Crippen MR) is 250 cm³/mol. The van der Waals surface area contributed by atoms with Gasteiger partial charge in [0, 0.05) is 16.7 Å². The fraction of sp³-hybridized carbons (Fsp3) is 0. The second kappa shape index (κ2) is 15.1. The molecule has 0 N–H and O–H groups in total. The zero-order valence-electron chi connectivity index (χ0n) is 32.7. The summed E-state index contributed by atoms with van der Waals surface area (Å²) in [4.78, 5) is 15.4. The molecule has 1 heterocycles. The van der Waals surface area contributed by atoms with Crippen LogP contribution in [0.5, 0.6) is 0 Å². The summed E-state index contributed by atoms with van der Waals surface area (Å²) in [5, 5.41) is 7.21. The molecule has 60 heavy (non-hydrogen) atoms. The Morgan fingerprint density at radius 2 is 0.700 bits per heavy atom. The van der Waals surface area contributed by atoms with Crippen molar-refractivity contribution in [3.8, 4) is 78.7 Å². The third kappa shape index (κ3) is 6.68. The second-order valence-corrected chi connectivity index (χ2v) is 15.2. The van der Waals surface area contributed by atoms with Gasteiger partial charge in [-0.15, -0.1) is 0 Å². The van der Waals surface area contributed by atoms with Crippen molar-refractivity contribution < 1.29 is 0 Å². The molecule has 3 nitrogen and oxygen atoms in total. The minimum atomic E-state index is 0.626. The Morgan fingerprint density at radius 3 is 1.48 bits per heavy atom. The molecule has 11 rings (SSSR count). The highest BCUT2D eigenvalue weighted by Gasteiger charge is 2.16. The topological polar surface area (TPSA) is 38.7 Å². The van der Waals surface area contributed by atoms with Gasteiger partial charge in [0.15, 0.2) is 17.5 Å². The molecule has 0 spiro atoms. The average Bonchev–Trinajstić information content (AvgIpc) is 3.33. The zero-order valence-corrected chi connectivity index (χ0v) is 32.7. The van der Waals surface area contributed by atoms with Crippen LogP contribution in [0.1, 0.15) is 0 Å². The van der Waals surface area contributed by atoms with E-state index in [0.717, 1.165) is 38.8 Å². The molecule has 0 aliphatic heterocycles. The summed E-state index contributed by atoms with van der Waals surface area (Å²) in [5.74, 6) is 1.89. The summed E-state index contributed by atoms with van der Waals surface area (Å²) in [6.07, 6.45) is 0. The first-order valence-electron chi connectivity index (χ1n) is 20.3. The summed E-state index contributed by atoms with van der Waals surface area (Å²) in [5.41, 5.74) is 12.1. The van der Waals surface area contributed by atoms with Crippen molar-refractivity contribution in [2.24, 2.45) is 0 Å². The Balaban J connectivity index is 1.04. The number of nitrogens with zero attached hydrogens (tertiary/aromatic N) is 3. The monoisotopic (exact) mass is 763 g/mol. The molecule has 10 aromatic carbocycles. The Bertz CT molecular complexity index is 3350. The van der Waals surface area contributed by atoms with Gasteiger partial charge in [-0.2, -0.15) is 0 Å². The van der Waals surface area contributed by atoms with Crippen LogP contribution in [0.2, 0.25) is 0 Å². The van der Waals surface area contributed by atoms with E-state index in [1.165, 1.54) is 54.7 Å². The van der Waals surface area contributed by atoms with Crippen LogP contribution < -0.4 is 0 Å². The van der Waals surface area contributed by atoms with Crippen LogP contribution in [0.15, 0.2) is 224 Å². The van der Waals surface area contributed by atoms with Crippen LogP contribution in [-0.4, -0.2) is 15.0 Å². The molecule has 1 aromatic heterocycles. The molecule has 0 fully saturated rings. The number of fused-ring (bicyclic) bond motifs is 3. The molecule has 0 aliphatic rings. The summed E-state index contributed by atoms with van der Waals surface area (Å²) < 4.78 is 0. The highest BCUT2D eigenvalue weighted by Crippen LogP contribution is 2.39. The molecule has 3 heteroatoms. The van der Waals surface area contributed by atoms with Crippen LogP contribution >= 0.6 is 0 Å². The van der Waals surface area contributed by atoms with E-state index in [1.54, 1.807) is 0 Å². The maximum absolute atomic E-state index is 5.16. The number of rotatable bonds is 7. The van der Waals surface area contributed by atoms with Gasteiger partial charge in [-0.1, -0.05) is 194 Å². The standard InChI is InChI=1S/C57H37N3/c1-3-13-38(14-4-1)40-25-28-43(29-26-40)55-58-56(60-57(59-55)49-32-27-39-15-7-8-19-44(39)33-49)48-22-11-21-45(34-48)50-35-46-30-31-47(52-24-12-20-41-18-9-10-23-51(41)52)36-54(46)53(37-50)42-16-5-2-6-17-42/h1-37H. The second-order valence-electron chi connectivity index (χ2n) is 15.2. The molecule has 0 unspecified atom stereocenters. The van der Waals surface area contributed by atoms with Crippen molar-refractivity contribution in [2.45, 2.75) is 0 Å². The summed E-state index contributed by atoms with van der Waals surface area (Å²) in [6.45, 7) is 0. The molecular formula is C57H37N3. The normalized spacial score (nSPS) is 11.3. The van der Waals surface area contributed by atoms with Crippen LogP contribution in [0.25, 0.3) is 111 Å². The zero-order chi connectivity index (χ0) is 39.8. The Kier molecular flexibility index (Phi) is 8.83. The van der Waals surface area contributed by atoms with E-state index in [2.05, 4.69) is 218 Å². The van der Waals surface area contributed by atoms with Crippen molar-refractivity contribution in [3.63, 3.8) is 0 Å². The lowest BCUT2D eigenvalue weighted by atomic mass is 9.90. The first-order valence-corrected chi connectivity index (χ1v) is 20.3. The third-order valence-corrected chi connectivity index (χ3v) is 11.5. The van der Waals surface area contributed by atoms with Gasteiger partial charge in [0.25, 0.3) is 0 Å². The fourth-order valence-corrected chi connectivity index (χ4v) is 8.40. The maximum atomic E-state index is 5.16. The highest BCUT2D eigenvalue weighted by atomic mass is 15.0. The summed E-state index contributed by atoms with van der Waals surface area (Å²) in [7, 11) is 0. The molecule has 0 saturated heterocycles. The summed E-state index contributed by atoms with van der Waals surface area (Å²) in [6, 6.07) is 79.7. The fourth-order valence-electron chi connectivity index (χ4n) is 8.40. The quantitative estimate of drug-likeness (QED) is 0.162. The van der Waals surface area contributed by atoms with Crippen LogP contribution in [0.3, 0.4) is 0 Å². The van der Waals surface area contributed by atoms with Gasteiger partial charge in [-0.25, -0.2) is 15.0 Å².